The molecule has 0 aliphatic heterocycles. The summed E-state index contributed by atoms with van der Waals surface area (Å²) in [6.45, 7) is 1.77. The minimum atomic E-state index is -4.28. The Morgan fingerprint density at radius 2 is 1.67 bits per heavy atom. The Balaban J connectivity index is 2.40. The van der Waals surface area contributed by atoms with Crippen LogP contribution in [0.3, 0.4) is 0 Å². The molecule has 7 heteroatoms. The molecule has 0 heterocycles. The lowest BCUT2D eigenvalue weighted by molar-refractivity contribution is 0.436. The number of rotatable bonds is 3. The van der Waals surface area contributed by atoms with Crippen LogP contribution in [0, 0.1) is 29.9 Å². The van der Waals surface area contributed by atoms with Gasteiger partial charge in [-0.2, -0.15) is 18.1 Å². The molecule has 108 valence electrons. The number of aryl methyl sites for hydroxylation is 1. The molecule has 21 heavy (non-hydrogen) atoms. The van der Waals surface area contributed by atoms with Crippen molar-refractivity contribution in [2.75, 3.05) is 0 Å². The SMILES string of the molecule is Cc1ccc(S(=O)(=O)Oc2ccc(C#N)c(F)c2F)cc1. The quantitative estimate of drug-likeness (QED) is 0.818. The molecule has 0 fully saturated rings. The molecule has 4 nitrogen and oxygen atoms in total. The van der Waals surface area contributed by atoms with E-state index in [1.54, 1.807) is 19.1 Å². The van der Waals surface area contributed by atoms with Crippen molar-refractivity contribution < 1.29 is 21.4 Å². The van der Waals surface area contributed by atoms with Crippen molar-refractivity contribution in [1.29, 1.82) is 5.26 Å². The highest BCUT2D eigenvalue weighted by Gasteiger charge is 2.21. The van der Waals surface area contributed by atoms with E-state index in [1.165, 1.54) is 18.2 Å². The number of hydrogen-bond acceptors (Lipinski definition) is 4. The van der Waals surface area contributed by atoms with E-state index in [4.69, 9.17) is 5.26 Å². The molecule has 0 aromatic heterocycles. The van der Waals surface area contributed by atoms with Crippen LogP contribution in [0.25, 0.3) is 0 Å². The third-order valence-corrected chi connectivity index (χ3v) is 3.92. The third-order valence-electron chi connectivity index (χ3n) is 2.68. The zero-order valence-electron chi connectivity index (χ0n) is 10.8. The first-order valence-corrected chi connectivity index (χ1v) is 7.15. The number of halogens is 2. The van der Waals surface area contributed by atoms with Crippen LogP contribution in [0.2, 0.25) is 0 Å². The normalized spacial score (nSPS) is 11.0. The van der Waals surface area contributed by atoms with Gasteiger partial charge < -0.3 is 4.18 Å². The van der Waals surface area contributed by atoms with Gasteiger partial charge in [0.2, 0.25) is 5.82 Å². The van der Waals surface area contributed by atoms with Gasteiger partial charge in [0.25, 0.3) is 0 Å². The van der Waals surface area contributed by atoms with E-state index in [0.29, 0.717) is 0 Å². The molecule has 0 spiro atoms. The monoisotopic (exact) mass is 309 g/mol. The maximum absolute atomic E-state index is 13.6. The Bertz CT molecular complexity index is 825. The van der Waals surface area contributed by atoms with E-state index in [1.807, 2.05) is 0 Å². The van der Waals surface area contributed by atoms with E-state index in [0.717, 1.165) is 17.7 Å². The molecule has 0 aliphatic carbocycles. The summed E-state index contributed by atoms with van der Waals surface area (Å²) in [4.78, 5) is -0.183. The summed E-state index contributed by atoms with van der Waals surface area (Å²) in [5, 5.41) is 8.55. The topological polar surface area (TPSA) is 67.2 Å². The molecule has 0 radical (unpaired) electrons. The van der Waals surface area contributed by atoms with Crippen LogP contribution in [0.1, 0.15) is 11.1 Å². The first-order chi connectivity index (χ1) is 9.85. The highest BCUT2D eigenvalue weighted by molar-refractivity contribution is 7.87. The lowest BCUT2D eigenvalue weighted by Crippen LogP contribution is -2.11. The molecule has 0 saturated heterocycles. The largest absolute Gasteiger partial charge is 0.376 e. The summed E-state index contributed by atoms with van der Waals surface area (Å²) in [6.07, 6.45) is 0. The number of hydrogen-bond donors (Lipinski definition) is 0. The van der Waals surface area contributed by atoms with Gasteiger partial charge >= 0.3 is 10.1 Å². The maximum atomic E-state index is 13.6. The smallest absolute Gasteiger partial charge is 0.339 e. The van der Waals surface area contributed by atoms with Crippen LogP contribution >= 0.6 is 0 Å². The Labute approximate surface area is 120 Å². The van der Waals surface area contributed by atoms with Crippen molar-refractivity contribution in [2.24, 2.45) is 0 Å². The predicted octanol–water partition coefficient (Wildman–Crippen LogP) is 2.91. The van der Waals surface area contributed by atoms with Crippen LogP contribution in [0.4, 0.5) is 8.78 Å². The highest BCUT2D eigenvalue weighted by atomic mass is 32.2. The summed E-state index contributed by atoms with van der Waals surface area (Å²) >= 11 is 0. The average Bonchev–Trinajstić information content (AvgIpc) is 2.44. The Morgan fingerprint density at radius 1 is 1.05 bits per heavy atom. The summed E-state index contributed by atoms with van der Waals surface area (Å²) < 4.78 is 55.6. The van der Waals surface area contributed by atoms with E-state index in [-0.39, 0.29) is 4.90 Å². The van der Waals surface area contributed by atoms with Crippen LogP contribution in [-0.4, -0.2) is 8.42 Å². The standard InChI is InChI=1S/C14H9F2NO3S/c1-9-2-5-11(6-3-9)21(18,19)20-12-7-4-10(8-17)13(15)14(12)16/h2-7H,1H3. The molecule has 0 amide bonds. The molecule has 0 aliphatic rings. The number of benzene rings is 2. The van der Waals surface area contributed by atoms with Crippen LogP contribution < -0.4 is 4.18 Å². The van der Waals surface area contributed by atoms with Crippen LogP contribution in [0.5, 0.6) is 5.75 Å². The van der Waals surface area contributed by atoms with Crippen molar-refractivity contribution in [1.82, 2.24) is 0 Å². The summed E-state index contributed by atoms with van der Waals surface area (Å²) in [7, 11) is -4.28. The molecule has 2 aromatic rings. The van der Waals surface area contributed by atoms with Gasteiger partial charge in [-0.05, 0) is 31.2 Å². The van der Waals surface area contributed by atoms with Gasteiger partial charge in [-0.3, -0.25) is 0 Å². The zero-order valence-corrected chi connectivity index (χ0v) is 11.6. The fourth-order valence-electron chi connectivity index (χ4n) is 1.55. The zero-order chi connectivity index (χ0) is 15.6. The molecular formula is C14H9F2NO3S. The van der Waals surface area contributed by atoms with Crippen molar-refractivity contribution in [2.45, 2.75) is 11.8 Å². The first-order valence-electron chi connectivity index (χ1n) is 5.74. The molecule has 0 N–H and O–H groups in total. The average molecular weight is 309 g/mol. The first kappa shape index (κ1) is 14.9. The van der Waals surface area contributed by atoms with Crippen LogP contribution in [0.15, 0.2) is 41.3 Å². The van der Waals surface area contributed by atoms with E-state index in [2.05, 4.69) is 4.18 Å². The van der Waals surface area contributed by atoms with Gasteiger partial charge in [0.1, 0.15) is 11.0 Å². The van der Waals surface area contributed by atoms with E-state index < -0.39 is 33.1 Å². The number of nitriles is 1. The van der Waals surface area contributed by atoms with E-state index >= 15 is 0 Å². The molecular weight excluding hydrogens is 300 g/mol. The lowest BCUT2D eigenvalue weighted by atomic mass is 10.2. The van der Waals surface area contributed by atoms with Gasteiger partial charge in [0, 0.05) is 0 Å². The van der Waals surface area contributed by atoms with Crippen molar-refractivity contribution >= 4 is 10.1 Å². The Morgan fingerprint density at radius 3 is 2.24 bits per heavy atom. The van der Waals surface area contributed by atoms with Gasteiger partial charge in [0.15, 0.2) is 11.6 Å². The minimum absolute atomic E-state index is 0.183. The fraction of sp³-hybridized carbons (Fsp3) is 0.0714. The maximum Gasteiger partial charge on any atom is 0.339 e. The van der Waals surface area contributed by atoms with Gasteiger partial charge in [-0.25, -0.2) is 4.39 Å². The lowest BCUT2D eigenvalue weighted by Gasteiger charge is -2.08. The highest BCUT2D eigenvalue weighted by Crippen LogP contribution is 2.25. The minimum Gasteiger partial charge on any atom is -0.376 e. The van der Waals surface area contributed by atoms with Crippen molar-refractivity contribution in [3.05, 3.63) is 59.2 Å². The van der Waals surface area contributed by atoms with Gasteiger partial charge in [-0.1, -0.05) is 17.7 Å². The van der Waals surface area contributed by atoms with Gasteiger partial charge in [0.05, 0.1) is 5.56 Å². The second-order valence-electron chi connectivity index (χ2n) is 4.20. The molecule has 0 unspecified atom stereocenters. The molecule has 2 aromatic carbocycles. The molecule has 0 atom stereocenters. The predicted molar refractivity (Wildman–Crippen MR) is 70.1 cm³/mol. The second-order valence-corrected chi connectivity index (χ2v) is 5.75. The molecule has 0 bridgehead atoms. The van der Waals surface area contributed by atoms with Crippen molar-refractivity contribution in [3.8, 4) is 11.8 Å². The second kappa shape index (κ2) is 5.50. The summed E-state index contributed by atoms with van der Waals surface area (Å²) in [6, 6.07) is 8.96. The Hall–Kier alpha value is -2.46. The van der Waals surface area contributed by atoms with Crippen LogP contribution in [-0.2, 0) is 10.1 Å². The fourth-order valence-corrected chi connectivity index (χ4v) is 2.48. The third kappa shape index (κ3) is 3.01. The van der Waals surface area contributed by atoms with Gasteiger partial charge in [-0.15, -0.1) is 0 Å². The molecule has 2 rings (SSSR count). The van der Waals surface area contributed by atoms with E-state index in [9.17, 15) is 17.2 Å². The Kier molecular flexibility index (Phi) is 3.91. The molecule has 0 saturated carbocycles. The summed E-state index contributed by atoms with van der Waals surface area (Å²) in [5.74, 6) is -3.77. The van der Waals surface area contributed by atoms with Crippen molar-refractivity contribution in [3.63, 3.8) is 0 Å². The number of nitrogens with zero attached hydrogens (tertiary/aromatic N) is 1. The summed E-state index contributed by atoms with van der Waals surface area (Å²) in [5.41, 5.74) is 0.303.